The van der Waals surface area contributed by atoms with Gasteiger partial charge < -0.3 is 30.7 Å². The lowest BCUT2D eigenvalue weighted by atomic mass is 9.95. The van der Waals surface area contributed by atoms with E-state index >= 15 is 0 Å². The topological polar surface area (TPSA) is 179 Å². The summed E-state index contributed by atoms with van der Waals surface area (Å²) in [7, 11) is 0. The Morgan fingerprint density at radius 2 is 1.73 bits per heavy atom. The fourth-order valence-electron chi connectivity index (χ4n) is 3.86. The first-order valence-corrected chi connectivity index (χ1v) is 12.3. The van der Waals surface area contributed by atoms with Crippen LogP contribution in [-0.2, 0) is 32.0 Å². The Morgan fingerprint density at radius 3 is 2.32 bits per heavy atom. The van der Waals surface area contributed by atoms with Gasteiger partial charge in [0.15, 0.2) is 0 Å². The van der Waals surface area contributed by atoms with Crippen LogP contribution < -0.4 is 10.6 Å². The molecular weight excluding hydrogens is 504 g/mol. The van der Waals surface area contributed by atoms with E-state index < -0.39 is 53.7 Å². The minimum atomic E-state index is -1.33. The van der Waals surface area contributed by atoms with Gasteiger partial charge in [-0.05, 0) is 24.1 Å². The number of nitrogens with one attached hydrogen (secondary N) is 2. The molecule has 1 heterocycles. The summed E-state index contributed by atoms with van der Waals surface area (Å²) < 4.78 is 5.21. The van der Waals surface area contributed by atoms with E-state index in [-0.39, 0.29) is 29.7 Å². The number of phenolic OH excluding ortho intramolecular Hbond substituents is 1. The molecule has 196 valence electrons. The fourth-order valence-corrected chi connectivity index (χ4v) is 4.99. The van der Waals surface area contributed by atoms with Gasteiger partial charge in [-0.15, -0.1) is 11.8 Å². The molecule has 3 rings (SSSR count). The molecule has 0 saturated heterocycles. The van der Waals surface area contributed by atoms with Crippen LogP contribution in [0.3, 0.4) is 0 Å². The molecule has 0 aliphatic carbocycles. The molecular formula is C25H26N2O9S. The Morgan fingerprint density at radius 1 is 1.08 bits per heavy atom. The molecule has 2 aromatic rings. The SMILES string of the molecule is CC(=O)N[C@@H](CSc1cc(C(=O)N[C@@H](Cc2ccccc2)C(=O)O)c(O)c2c1C[C@@H](C)OC2=O)C(=O)O. The Hall–Kier alpha value is -4.06. The summed E-state index contributed by atoms with van der Waals surface area (Å²) in [6.07, 6.45) is -0.361. The summed E-state index contributed by atoms with van der Waals surface area (Å²) in [5.41, 5.74) is 0.429. The third kappa shape index (κ3) is 6.79. The number of rotatable bonds is 10. The van der Waals surface area contributed by atoms with Crippen molar-refractivity contribution in [2.75, 3.05) is 5.75 Å². The highest BCUT2D eigenvalue weighted by molar-refractivity contribution is 7.99. The molecule has 0 unspecified atom stereocenters. The van der Waals surface area contributed by atoms with Crippen molar-refractivity contribution in [3.05, 3.63) is 58.7 Å². The van der Waals surface area contributed by atoms with Crippen LogP contribution in [0.2, 0.25) is 0 Å². The average molecular weight is 531 g/mol. The van der Waals surface area contributed by atoms with Gasteiger partial charge in [-0.3, -0.25) is 9.59 Å². The number of hydrogen-bond donors (Lipinski definition) is 5. The molecule has 2 aromatic carbocycles. The summed E-state index contributed by atoms with van der Waals surface area (Å²) in [5, 5.41) is 34.6. The molecule has 0 radical (unpaired) electrons. The van der Waals surface area contributed by atoms with E-state index in [1.807, 2.05) is 0 Å². The number of aliphatic carboxylic acids is 2. The van der Waals surface area contributed by atoms with Crippen molar-refractivity contribution in [1.82, 2.24) is 10.6 Å². The van der Waals surface area contributed by atoms with E-state index in [1.165, 1.54) is 13.0 Å². The zero-order valence-corrected chi connectivity index (χ0v) is 20.8. The number of carboxylic acid groups (broad SMARTS) is 2. The molecule has 0 fully saturated rings. The minimum Gasteiger partial charge on any atom is -0.506 e. The Kier molecular flexibility index (Phi) is 8.77. The highest BCUT2D eigenvalue weighted by Gasteiger charge is 2.34. The summed E-state index contributed by atoms with van der Waals surface area (Å²) in [5.74, 6) is -5.71. The van der Waals surface area contributed by atoms with Gasteiger partial charge in [0.1, 0.15) is 29.5 Å². The van der Waals surface area contributed by atoms with Gasteiger partial charge >= 0.3 is 17.9 Å². The lowest BCUT2D eigenvalue weighted by Crippen LogP contribution is -2.42. The van der Waals surface area contributed by atoms with Crippen LogP contribution in [0.5, 0.6) is 5.75 Å². The zero-order valence-electron chi connectivity index (χ0n) is 20.0. The average Bonchev–Trinajstić information content (AvgIpc) is 2.82. The number of cyclic esters (lactones) is 1. The molecule has 0 spiro atoms. The Bertz CT molecular complexity index is 1230. The standard InChI is InChI=1S/C25H26N2O9S/c1-12-8-15-19(37-11-18(24(33)34)26-13(2)28)10-16(21(29)20(15)25(35)36-12)22(30)27-17(23(31)32)9-14-6-4-3-5-7-14/h3-7,10,12,17-18,29H,8-9,11H2,1-2H3,(H,26,28)(H,27,30)(H,31,32)(H,33,34)/t12-,17+,18+/m1/s1. The van der Waals surface area contributed by atoms with Gasteiger partial charge in [-0.2, -0.15) is 0 Å². The summed E-state index contributed by atoms with van der Waals surface area (Å²) >= 11 is 0.975. The number of carboxylic acids is 2. The maximum atomic E-state index is 13.1. The van der Waals surface area contributed by atoms with E-state index in [2.05, 4.69) is 10.6 Å². The second-order valence-electron chi connectivity index (χ2n) is 8.50. The minimum absolute atomic E-state index is 0.0220. The lowest BCUT2D eigenvalue weighted by molar-refractivity contribution is -0.141. The van der Waals surface area contributed by atoms with E-state index in [1.54, 1.807) is 37.3 Å². The predicted molar refractivity (Wildman–Crippen MR) is 132 cm³/mol. The first kappa shape index (κ1) is 27.5. The Labute approximate surface area is 216 Å². The monoisotopic (exact) mass is 530 g/mol. The largest absolute Gasteiger partial charge is 0.506 e. The van der Waals surface area contributed by atoms with Crippen molar-refractivity contribution in [1.29, 1.82) is 0 Å². The number of hydrogen-bond acceptors (Lipinski definition) is 8. The van der Waals surface area contributed by atoms with Gasteiger partial charge in [0.25, 0.3) is 5.91 Å². The molecule has 5 N–H and O–H groups in total. The van der Waals surface area contributed by atoms with Crippen LogP contribution in [0.4, 0.5) is 0 Å². The quantitative estimate of drug-likeness (QED) is 0.224. The van der Waals surface area contributed by atoms with Gasteiger partial charge in [0, 0.05) is 30.4 Å². The van der Waals surface area contributed by atoms with Gasteiger partial charge in [-0.25, -0.2) is 14.4 Å². The highest BCUT2D eigenvalue weighted by Crippen LogP contribution is 2.39. The van der Waals surface area contributed by atoms with Crippen LogP contribution in [0.25, 0.3) is 0 Å². The molecule has 11 nitrogen and oxygen atoms in total. The van der Waals surface area contributed by atoms with Crippen molar-refractivity contribution in [3.8, 4) is 5.75 Å². The van der Waals surface area contributed by atoms with Crippen molar-refractivity contribution in [2.45, 2.75) is 49.8 Å². The fraction of sp³-hybridized carbons (Fsp3) is 0.320. The van der Waals surface area contributed by atoms with Crippen LogP contribution >= 0.6 is 11.8 Å². The number of fused-ring (bicyclic) bond motifs is 1. The predicted octanol–water partition coefficient (Wildman–Crippen LogP) is 1.60. The van der Waals surface area contributed by atoms with Crippen molar-refractivity contribution >= 4 is 41.5 Å². The maximum absolute atomic E-state index is 13.1. The van der Waals surface area contributed by atoms with Crippen LogP contribution in [0.15, 0.2) is 41.3 Å². The third-order valence-electron chi connectivity index (χ3n) is 5.58. The first-order valence-electron chi connectivity index (χ1n) is 11.3. The number of thioether (sulfide) groups is 1. The lowest BCUT2D eigenvalue weighted by Gasteiger charge is -2.26. The summed E-state index contributed by atoms with van der Waals surface area (Å²) in [6.45, 7) is 2.82. The second-order valence-corrected chi connectivity index (χ2v) is 9.56. The van der Waals surface area contributed by atoms with Gasteiger partial charge in [0.05, 0.1) is 5.56 Å². The van der Waals surface area contributed by atoms with Crippen molar-refractivity contribution in [3.63, 3.8) is 0 Å². The van der Waals surface area contributed by atoms with Crippen molar-refractivity contribution in [2.24, 2.45) is 0 Å². The smallest absolute Gasteiger partial charge is 0.342 e. The van der Waals surface area contributed by atoms with Crippen LogP contribution in [0.1, 0.15) is 45.7 Å². The van der Waals surface area contributed by atoms with E-state index in [4.69, 9.17) is 4.74 Å². The Balaban J connectivity index is 1.96. The molecule has 37 heavy (non-hydrogen) atoms. The molecule has 0 aromatic heterocycles. The number of ether oxygens (including phenoxy) is 1. The molecule has 1 aliphatic heterocycles. The van der Waals surface area contributed by atoms with E-state index in [0.717, 1.165) is 11.8 Å². The zero-order chi connectivity index (χ0) is 27.3. The number of amides is 2. The van der Waals surface area contributed by atoms with E-state index in [9.17, 15) is 39.3 Å². The maximum Gasteiger partial charge on any atom is 0.342 e. The van der Waals surface area contributed by atoms with E-state index in [0.29, 0.717) is 16.0 Å². The first-order chi connectivity index (χ1) is 17.5. The van der Waals surface area contributed by atoms with Gasteiger partial charge in [-0.1, -0.05) is 30.3 Å². The number of aromatic hydroxyl groups is 1. The molecule has 0 saturated carbocycles. The molecule has 1 aliphatic rings. The van der Waals surface area contributed by atoms with Crippen molar-refractivity contribution < 1.29 is 44.0 Å². The number of benzene rings is 2. The summed E-state index contributed by atoms with van der Waals surface area (Å²) in [6, 6.07) is 7.34. The van der Waals surface area contributed by atoms with Crippen LogP contribution in [0, 0.1) is 0 Å². The highest BCUT2D eigenvalue weighted by atomic mass is 32.2. The van der Waals surface area contributed by atoms with Crippen LogP contribution in [-0.4, -0.2) is 69.0 Å². The molecule has 3 atom stereocenters. The second kappa shape index (κ2) is 11.8. The van der Waals surface area contributed by atoms with Gasteiger partial charge in [0.2, 0.25) is 5.91 Å². The normalized spacial score (nSPS) is 16.1. The number of carbonyl (C=O) groups excluding carboxylic acids is 3. The third-order valence-corrected chi connectivity index (χ3v) is 6.76. The number of esters is 1. The molecule has 2 amide bonds. The molecule has 0 bridgehead atoms. The number of carbonyl (C=O) groups is 5. The number of phenols is 1. The molecule has 12 heteroatoms. The summed E-state index contributed by atoms with van der Waals surface area (Å²) in [4.78, 5) is 60.9.